The molecule has 4 nitrogen and oxygen atoms in total. The van der Waals surface area contributed by atoms with E-state index in [1.807, 2.05) is 0 Å². The molecule has 3 N–H and O–H groups in total. The van der Waals surface area contributed by atoms with Crippen LogP contribution in [0.5, 0.6) is 0 Å². The van der Waals surface area contributed by atoms with Gasteiger partial charge in [-0.05, 0) is 37.5 Å². The number of carbonyl (C=O) groups is 2. The molecule has 0 aromatic carbocycles. The molecule has 0 amide bonds. The lowest BCUT2D eigenvalue weighted by atomic mass is 9.66. The van der Waals surface area contributed by atoms with E-state index in [-0.39, 0.29) is 17.6 Å². The largest absolute Gasteiger partial charge is 0.480 e. The van der Waals surface area contributed by atoms with Gasteiger partial charge in [-0.3, -0.25) is 4.79 Å². The lowest BCUT2D eigenvalue weighted by Crippen LogP contribution is -2.56. The van der Waals surface area contributed by atoms with Gasteiger partial charge in [0.25, 0.3) is 0 Å². The fourth-order valence-corrected chi connectivity index (χ4v) is 2.99. The maximum absolute atomic E-state index is 12.4. The number of ketones is 1. The first-order valence-corrected chi connectivity index (χ1v) is 6.74. The Morgan fingerprint density at radius 1 is 1.33 bits per heavy atom. The molecule has 1 fully saturated rings. The third-order valence-corrected chi connectivity index (χ3v) is 4.32. The highest BCUT2D eigenvalue weighted by molar-refractivity contribution is 6.08. The van der Waals surface area contributed by atoms with Gasteiger partial charge in [0.05, 0.1) is 0 Å². The molecule has 4 atom stereocenters. The van der Waals surface area contributed by atoms with E-state index < -0.39 is 11.5 Å². The first kappa shape index (κ1) is 15.2. The van der Waals surface area contributed by atoms with Gasteiger partial charge in [0, 0.05) is 5.92 Å². The smallest absolute Gasteiger partial charge is 0.331 e. The Labute approximate surface area is 109 Å². The van der Waals surface area contributed by atoms with Crippen molar-refractivity contribution in [3.05, 3.63) is 0 Å². The van der Waals surface area contributed by atoms with Gasteiger partial charge in [-0.1, -0.05) is 27.2 Å². The molecule has 3 unspecified atom stereocenters. The predicted octanol–water partition coefficient (Wildman–Crippen LogP) is 2.07. The summed E-state index contributed by atoms with van der Waals surface area (Å²) in [5.74, 6) is -0.626. The first-order chi connectivity index (χ1) is 8.17. The van der Waals surface area contributed by atoms with Gasteiger partial charge in [0.15, 0.2) is 11.3 Å². The van der Waals surface area contributed by atoms with Crippen LogP contribution in [-0.2, 0) is 9.59 Å². The van der Waals surface area contributed by atoms with Crippen LogP contribution in [0.4, 0.5) is 0 Å². The van der Waals surface area contributed by atoms with Gasteiger partial charge >= 0.3 is 5.97 Å². The van der Waals surface area contributed by atoms with Gasteiger partial charge in [-0.25, -0.2) is 4.79 Å². The van der Waals surface area contributed by atoms with Crippen LogP contribution in [0, 0.1) is 23.7 Å². The first-order valence-electron chi connectivity index (χ1n) is 6.74. The molecule has 0 heterocycles. The number of carboxylic acid groups (broad SMARTS) is 1. The number of Topliss-reactive ketones (excluding diaryl/α,β-unsaturated/α-hetero) is 1. The summed E-state index contributed by atoms with van der Waals surface area (Å²) in [6.07, 6.45) is 2.87. The summed E-state index contributed by atoms with van der Waals surface area (Å²) in [4.78, 5) is 23.5. The van der Waals surface area contributed by atoms with Crippen LogP contribution in [-0.4, -0.2) is 22.4 Å². The highest BCUT2D eigenvalue weighted by Gasteiger charge is 2.45. The summed E-state index contributed by atoms with van der Waals surface area (Å²) in [7, 11) is 0. The van der Waals surface area contributed by atoms with Crippen LogP contribution in [0.1, 0.15) is 47.0 Å². The van der Waals surface area contributed by atoms with Crippen molar-refractivity contribution in [2.75, 3.05) is 0 Å². The third-order valence-electron chi connectivity index (χ3n) is 4.32. The van der Waals surface area contributed by atoms with Crippen molar-refractivity contribution in [2.24, 2.45) is 29.4 Å². The number of hydrogen-bond acceptors (Lipinski definition) is 3. The summed E-state index contributed by atoms with van der Waals surface area (Å²) < 4.78 is 0. The molecule has 104 valence electrons. The Kier molecular flexibility index (Phi) is 4.54. The second-order valence-electron chi connectivity index (χ2n) is 6.30. The van der Waals surface area contributed by atoms with Crippen molar-refractivity contribution in [1.82, 2.24) is 0 Å². The minimum Gasteiger partial charge on any atom is -0.480 e. The molecule has 0 aromatic heterocycles. The van der Waals surface area contributed by atoms with E-state index in [1.54, 1.807) is 0 Å². The van der Waals surface area contributed by atoms with E-state index in [9.17, 15) is 9.59 Å². The minimum absolute atomic E-state index is 0.208. The van der Waals surface area contributed by atoms with Crippen molar-refractivity contribution in [1.29, 1.82) is 0 Å². The fourth-order valence-electron chi connectivity index (χ4n) is 2.99. The van der Waals surface area contributed by atoms with Gasteiger partial charge in [0.1, 0.15) is 0 Å². The summed E-state index contributed by atoms with van der Waals surface area (Å²) in [6, 6.07) is 0. The molecule has 0 spiro atoms. The molecule has 1 aliphatic rings. The molecule has 1 aliphatic carbocycles. The molecule has 1 saturated carbocycles. The van der Waals surface area contributed by atoms with Gasteiger partial charge in [-0.15, -0.1) is 0 Å². The van der Waals surface area contributed by atoms with Crippen molar-refractivity contribution >= 4 is 11.8 Å². The molecule has 18 heavy (non-hydrogen) atoms. The van der Waals surface area contributed by atoms with E-state index in [4.69, 9.17) is 10.8 Å². The SMILES string of the molecule is CC1CCC(C(C)C)C(C(=O)[C@](C)(N)C(=O)O)C1. The summed E-state index contributed by atoms with van der Waals surface area (Å²) in [5, 5.41) is 9.09. The van der Waals surface area contributed by atoms with Crippen LogP contribution in [0.25, 0.3) is 0 Å². The van der Waals surface area contributed by atoms with Gasteiger partial charge < -0.3 is 10.8 Å². The van der Waals surface area contributed by atoms with E-state index in [0.717, 1.165) is 19.3 Å². The topological polar surface area (TPSA) is 80.4 Å². The number of carboxylic acids is 1. The third kappa shape index (κ3) is 2.91. The molecular formula is C14H25NO3. The van der Waals surface area contributed by atoms with Crippen molar-refractivity contribution in [3.63, 3.8) is 0 Å². The molecule has 0 radical (unpaired) electrons. The maximum atomic E-state index is 12.4. The standard InChI is InChI=1S/C14H25NO3/c1-8(2)10-6-5-9(3)7-11(10)12(16)14(4,15)13(17)18/h8-11H,5-7,15H2,1-4H3,(H,17,18)/t9?,10?,11?,14-/m0/s1. The highest BCUT2D eigenvalue weighted by Crippen LogP contribution is 2.39. The second-order valence-corrected chi connectivity index (χ2v) is 6.30. The lowest BCUT2D eigenvalue weighted by molar-refractivity contribution is -0.150. The number of carbonyl (C=O) groups excluding carboxylic acids is 1. The zero-order valence-corrected chi connectivity index (χ0v) is 11.8. The number of nitrogens with two attached hydrogens (primary N) is 1. The zero-order chi connectivity index (χ0) is 14.1. The van der Waals surface area contributed by atoms with Crippen molar-refractivity contribution < 1.29 is 14.7 Å². The lowest BCUT2D eigenvalue weighted by Gasteiger charge is -2.38. The molecule has 0 bridgehead atoms. The number of aliphatic carboxylic acids is 1. The van der Waals surface area contributed by atoms with Crippen molar-refractivity contribution in [3.8, 4) is 0 Å². The Balaban J connectivity index is 2.95. The second kappa shape index (κ2) is 5.39. The Morgan fingerprint density at radius 2 is 1.89 bits per heavy atom. The van der Waals surface area contributed by atoms with E-state index in [2.05, 4.69) is 20.8 Å². The van der Waals surface area contributed by atoms with Crippen LogP contribution in [0.15, 0.2) is 0 Å². The Bertz CT molecular complexity index is 336. The monoisotopic (exact) mass is 255 g/mol. The molecular weight excluding hydrogens is 230 g/mol. The van der Waals surface area contributed by atoms with E-state index in [0.29, 0.717) is 11.8 Å². The Hall–Kier alpha value is -0.900. The van der Waals surface area contributed by atoms with Crippen LogP contribution < -0.4 is 5.73 Å². The predicted molar refractivity (Wildman–Crippen MR) is 70.1 cm³/mol. The minimum atomic E-state index is -1.76. The zero-order valence-electron chi connectivity index (χ0n) is 11.8. The van der Waals surface area contributed by atoms with Crippen molar-refractivity contribution in [2.45, 2.75) is 52.5 Å². The Morgan fingerprint density at radius 3 is 2.33 bits per heavy atom. The molecule has 1 rings (SSSR count). The van der Waals surface area contributed by atoms with Crippen LogP contribution in [0.2, 0.25) is 0 Å². The van der Waals surface area contributed by atoms with Crippen LogP contribution >= 0.6 is 0 Å². The molecule has 0 aliphatic heterocycles. The summed E-state index contributed by atoms with van der Waals surface area (Å²) in [5.41, 5.74) is 3.94. The number of rotatable bonds is 4. The quantitative estimate of drug-likeness (QED) is 0.753. The molecule has 0 saturated heterocycles. The normalized spacial score (nSPS) is 32.0. The number of hydrogen-bond donors (Lipinski definition) is 2. The van der Waals surface area contributed by atoms with Gasteiger partial charge in [0.2, 0.25) is 0 Å². The van der Waals surface area contributed by atoms with E-state index >= 15 is 0 Å². The van der Waals surface area contributed by atoms with E-state index in [1.165, 1.54) is 6.92 Å². The summed E-state index contributed by atoms with van der Waals surface area (Å²) >= 11 is 0. The molecule has 0 aromatic rings. The average Bonchev–Trinajstić information content (AvgIpc) is 2.27. The average molecular weight is 255 g/mol. The molecule has 4 heteroatoms. The fraction of sp³-hybridized carbons (Fsp3) is 0.857. The summed E-state index contributed by atoms with van der Waals surface area (Å²) in [6.45, 7) is 7.62. The maximum Gasteiger partial charge on any atom is 0.331 e. The van der Waals surface area contributed by atoms with Gasteiger partial charge in [-0.2, -0.15) is 0 Å². The highest BCUT2D eigenvalue weighted by atomic mass is 16.4. The van der Waals surface area contributed by atoms with Crippen LogP contribution in [0.3, 0.4) is 0 Å².